The second kappa shape index (κ2) is 19.8. The van der Waals surface area contributed by atoms with Gasteiger partial charge in [0.05, 0.1) is 33.0 Å². The van der Waals surface area contributed by atoms with Crippen molar-refractivity contribution in [3.63, 3.8) is 0 Å². The fourth-order valence-corrected chi connectivity index (χ4v) is 8.24. The Morgan fingerprint density at radius 1 is 0.456 bits per heavy atom. The Kier molecular flexibility index (Phi) is 13.5. The number of aryl methyl sites for hydroxylation is 2. The van der Waals surface area contributed by atoms with Gasteiger partial charge in [0.15, 0.2) is 5.06 Å². The molecule has 0 N–H and O–H groups in total. The highest BCUT2D eigenvalue weighted by Crippen LogP contribution is 2.38. The lowest BCUT2D eigenvalue weighted by molar-refractivity contribution is -0.309. The molecule has 0 amide bonds. The summed E-state index contributed by atoms with van der Waals surface area (Å²) in [4.78, 5) is 0. The van der Waals surface area contributed by atoms with E-state index in [4.69, 9.17) is 28.4 Å². The van der Waals surface area contributed by atoms with Gasteiger partial charge in [-0.25, -0.2) is 0 Å². The molecule has 7 heteroatoms. The van der Waals surface area contributed by atoms with Crippen molar-refractivity contribution < 1.29 is 28.4 Å². The van der Waals surface area contributed by atoms with Crippen molar-refractivity contribution in [1.29, 1.82) is 0 Å². The van der Waals surface area contributed by atoms with Gasteiger partial charge in [0, 0.05) is 4.70 Å². The number of benzene rings is 6. The lowest BCUT2D eigenvalue weighted by Crippen LogP contribution is -2.62. The van der Waals surface area contributed by atoms with Crippen molar-refractivity contribution in [1.82, 2.24) is 0 Å². The first kappa shape index (κ1) is 38.7. The third-order valence-corrected chi connectivity index (χ3v) is 11.2. The van der Waals surface area contributed by atoms with Crippen LogP contribution < -0.4 is 4.74 Å². The molecular weight excluding hydrogens is 729 g/mol. The molecule has 0 saturated carbocycles. The molecule has 6 nitrogen and oxygen atoms in total. The minimum absolute atomic E-state index is 0.265. The molecule has 2 heterocycles. The lowest BCUT2D eigenvalue weighted by Gasteiger charge is -2.45. The Morgan fingerprint density at radius 3 is 1.51 bits per heavy atom. The monoisotopic (exact) mass is 776 g/mol. The number of hydrogen-bond donors (Lipinski definition) is 0. The van der Waals surface area contributed by atoms with Crippen LogP contribution >= 0.6 is 11.3 Å². The van der Waals surface area contributed by atoms with Crippen LogP contribution in [0.1, 0.15) is 33.4 Å². The van der Waals surface area contributed by atoms with Gasteiger partial charge in [-0.3, -0.25) is 0 Å². The Labute approximate surface area is 339 Å². The van der Waals surface area contributed by atoms with Gasteiger partial charge in [0.1, 0.15) is 24.4 Å². The number of fused-ring (bicyclic) bond motifs is 1. The fraction of sp³-hybridized carbons (Fsp3) is 0.240. The van der Waals surface area contributed by atoms with E-state index in [1.807, 2.05) is 72.8 Å². The summed E-state index contributed by atoms with van der Waals surface area (Å²) in [6, 6.07) is 60.0. The second-order valence-corrected chi connectivity index (χ2v) is 15.4. The van der Waals surface area contributed by atoms with Crippen LogP contribution in [0.4, 0.5) is 0 Å². The van der Waals surface area contributed by atoms with Crippen molar-refractivity contribution in [3.8, 4) is 5.06 Å². The van der Waals surface area contributed by atoms with Crippen LogP contribution in [0.15, 0.2) is 176 Å². The zero-order valence-electron chi connectivity index (χ0n) is 31.9. The van der Waals surface area contributed by atoms with Crippen LogP contribution in [0.2, 0.25) is 0 Å². The van der Waals surface area contributed by atoms with E-state index in [0.29, 0.717) is 26.4 Å². The SMILES string of the molecule is c1ccc(CCc2cccc3sc(OC4O[C@H](COCc5ccccc5)[C@@H](OCc5ccccc5)[C@H](OCc5ccccc5)[C@H]4OCc4ccccc4)cc23)cc1. The second-order valence-electron chi connectivity index (χ2n) is 14.3. The minimum atomic E-state index is -0.822. The molecule has 6 aromatic carbocycles. The molecule has 8 rings (SSSR count). The molecule has 0 radical (unpaired) electrons. The smallest absolute Gasteiger partial charge is 0.230 e. The normalized spacial score (nSPS) is 19.4. The molecule has 1 aromatic heterocycles. The Bertz CT molecular complexity index is 2220. The van der Waals surface area contributed by atoms with Crippen LogP contribution in [0.25, 0.3) is 10.1 Å². The van der Waals surface area contributed by atoms with Crippen molar-refractivity contribution in [3.05, 3.63) is 209 Å². The standard InChI is InChI=1S/C50H48O6S/c1-6-17-37(18-7-1)29-30-42-27-16-28-45-43(42)31-46(57-45)56-50-49(54-35-41-25-14-5-15-26-41)48(53-34-40-23-12-4-13-24-40)47(52-33-39-21-10-3-11-22-39)44(55-50)36-51-32-38-19-8-2-9-20-38/h1-28,31,44,47-50H,29-30,32-36H2/t44-,47-,48+,49-,50?/m1/s1. The third kappa shape index (κ3) is 10.6. The Hall–Kier alpha value is -5.12. The third-order valence-electron chi connectivity index (χ3n) is 10.2. The van der Waals surface area contributed by atoms with Gasteiger partial charge in [-0.1, -0.05) is 175 Å². The largest absolute Gasteiger partial charge is 0.452 e. The summed E-state index contributed by atoms with van der Waals surface area (Å²) in [6.45, 7) is 1.77. The molecule has 0 bridgehead atoms. The van der Waals surface area contributed by atoms with Crippen molar-refractivity contribution in [2.24, 2.45) is 0 Å². The summed E-state index contributed by atoms with van der Waals surface area (Å²) >= 11 is 1.62. The average molecular weight is 777 g/mol. The van der Waals surface area contributed by atoms with E-state index in [-0.39, 0.29) is 6.61 Å². The lowest BCUT2D eigenvalue weighted by atomic mass is 9.97. The quantitative estimate of drug-likeness (QED) is 0.0865. The highest BCUT2D eigenvalue weighted by atomic mass is 32.1. The predicted molar refractivity (Wildman–Crippen MR) is 226 cm³/mol. The fourth-order valence-electron chi connectivity index (χ4n) is 7.25. The molecule has 1 fully saturated rings. The summed E-state index contributed by atoms with van der Waals surface area (Å²) in [5.74, 6) is 0. The summed E-state index contributed by atoms with van der Waals surface area (Å²) in [5, 5.41) is 1.94. The Morgan fingerprint density at radius 2 is 0.947 bits per heavy atom. The van der Waals surface area contributed by atoms with Crippen LogP contribution in [0.5, 0.6) is 5.06 Å². The zero-order chi connectivity index (χ0) is 38.5. The maximum atomic E-state index is 6.97. The van der Waals surface area contributed by atoms with E-state index >= 15 is 0 Å². The topological polar surface area (TPSA) is 55.4 Å². The maximum absolute atomic E-state index is 6.97. The van der Waals surface area contributed by atoms with Crippen LogP contribution in [-0.4, -0.2) is 37.3 Å². The number of hydrogen-bond acceptors (Lipinski definition) is 7. The van der Waals surface area contributed by atoms with Gasteiger partial charge in [-0.15, -0.1) is 0 Å². The van der Waals surface area contributed by atoms with E-state index in [2.05, 4.69) is 103 Å². The van der Waals surface area contributed by atoms with Gasteiger partial charge in [-0.05, 0) is 63.7 Å². The van der Waals surface area contributed by atoms with Crippen LogP contribution in [0, 0.1) is 0 Å². The summed E-state index contributed by atoms with van der Waals surface area (Å²) in [5.41, 5.74) is 6.83. The van der Waals surface area contributed by atoms with Gasteiger partial charge in [-0.2, -0.15) is 0 Å². The molecule has 57 heavy (non-hydrogen) atoms. The van der Waals surface area contributed by atoms with Crippen molar-refractivity contribution >= 4 is 21.4 Å². The van der Waals surface area contributed by atoms with Crippen LogP contribution in [0.3, 0.4) is 0 Å². The van der Waals surface area contributed by atoms with E-state index in [1.165, 1.54) is 16.5 Å². The average Bonchev–Trinajstić information content (AvgIpc) is 3.69. The first-order valence-electron chi connectivity index (χ1n) is 19.7. The van der Waals surface area contributed by atoms with E-state index in [9.17, 15) is 0 Å². The van der Waals surface area contributed by atoms with Crippen molar-refractivity contribution in [2.45, 2.75) is 70.0 Å². The summed E-state index contributed by atoms with van der Waals surface area (Å²) < 4.78 is 42.1. The first-order chi connectivity index (χ1) is 28.2. The number of ether oxygens (including phenoxy) is 6. The summed E-state index contributed by atoms with van der Waals surface area (Å²) in [6.07, 6.45) is -1.23. The molecular formula is C50H48O6S. The van der Waals surface area contributed by atoms with Gasteiger partial charge < -0.3 is 28.4 Å². The molecule has 7 aromatic rings. The highest BCUT2D eigenvalue weighted by molar-refractivity contribution is 7.20. The molecule has 5 atom stereocenters. The first-order valence-corrected chi connectivity index (χ1v) is 20.5. The molecule has 0 aliphatic carbocycles. The molecule has 1 unspecified atom stereocenters. The van der Waals surface area contributed by atoms with E-state index in [0.717, 1.165) is 44.9 Å². The molecule has 0 spiro atoms. The van der Waals surface area contributed by atoms with Gasteiger partial charge in [0.25, 0.3) is 0 Å². The molecule has 290 valence electrons. The number of rotatable bonds is 18. The molecule has 1 aliphatic heterocycles. The van der Waals surface area contributed by atoms with Crippen LogP contribution in [-0.2, 0) is 63.0 Å². The number of thiophene rings is 1. The zero-order valence-corrected chi connectivity index (χ0v) is 32.8. The molecule has 1 saturated heterocycles. The maximum Gasteiger partial charge on any atom is 0.230 e. The van der Waals surface area contributed by atoms with E-state index < -0.39 is 30.7 Å². The van der Waals surface area contributed by atoms with Gasteiger partial charge >= 0.3 is 0 Å². The minimum Gasteiger partial charge on any atom is -0.452 e. The Balaban J connectivity index is 1.12. The van der Waals surface area contributed by atoms with Gasteiger partial charge in [0.2, 0.25) is 6.29 Å². The highest BCUT2D eigenvalue weighted by Gasteiger charge is 2.50. The van der Waals surface area contributed by atoms with Crippen molar-refractivity contribution in [2.75, 3.05) is 6.61 Å². The predicted octanol–water partition coefficient (Wildman–Crippen LogP) is 10.8. The van der Waals surface area contributed by atoms with E-state index in [1.54, 1.807) is 11.3 Å². The summed E-state index contributed by atoms with van der Waals surface area (Å²) in [7, 11) is 0. The molecule has 1 aliphatic rings.